The average Bonchev–Trinajstić information content (AvgIpc) is 3.17. The molecule has 0 unspecified atom stereocenters. The Balaban J connectivity index is 1.71. The summed E-state index contributed by atoms with van der Waals surface area (Å²) in [5.41, 5.74) is 5.72. The third kappa shape index (κ3) is 3.34. The normalized spacial score (nSPS) is 27.3. The Labute approximate surface area is 131 Å². The molecule has 22 heavy (non-hydrogen) atoms. The molecule has 1 saturated carbocycles. The lowest BCUT2D eigenvalue weighted by molar-refractivity contribution is 0.0662. The zero-order valence-electron chi connectivity index (χ0n) is 12.6. The van der Waals surface area contributed by atoms with E-state index in [-0.39, 0.29) is 22.9 Å². The van der Waals surface area contributed by atoms with Crippen molar-refractivity contribution in [3.8, 4) is 0 Å². The molecular formula is C14H24N4O3S. The van der Waals surface area contributed by atoms with Gasteiger partial charge in [-0.3, -0.25) is 4.68 Å². The quantitative estimate of drug-likeness (QED) is 0.826. The number of hydrogen-bond donors (Lipinski definition) is 2. The molecule has 0 bridgehead atoms. The lowest BCUT2D eigenvalue weighted by atomic mass is 10.1. The lowest BCUT2D eigenvalue weighted by Crippen LogP contribution is -2.39. The SMILES string of the molecule is NC[C@@H]1CCC[C@@H]1NS(=O)(=O)c1cnn(C2CCOCC2)c1. The first-order chi connectivity index (χ1) is 10.6. The van der Waals surface area contributed by atoms with Gasteiger partial charge in [0, 0.05) is 25.5 Å². The summed E-state index contributed by atoms with van der Waals surface area (Å²) < 4.78 is 34.9. The molecule has 0 spiro atoms. The van der Waals surface area contributed by atoms with E-state index in [4.69, 9.17) is 10.5 Å². The Hall–Kier alpha value is -0.960. The molecule has 3 rings (SSSR count). The zero-order chi connectivity index (χ0) is 15.6. The molecule has 2 heterocycles. The van der Waals surface area contributed by atoms with E-state index in [2.05, 4.69) is 9.82 Å². The highest BCUT2D eigenvalue weighted by atomic mass is 32.2. The average molecular weight is 328 g/mol. The summed E-state index contributed by atoms with van der Waals surface area (Å²) in [5, 5.41) is 4.24. The highest BCUT2D eigenvalue weighted by molar-refractivity contribution is 7.89. The number of nitrogens with one attached hydrogen (secondary N) is 1. The highest BCUT2D eigenvalue weighted by Gasteiger charge is 2.31. The largest absolute Gasteiger partial charge is 0.381 e. The van der Waals surface area contributed by atoms with Crippen molar-refractivity contribution in [3.05, 3.63) is 12.4 Å². The maximum Gasteiger partial charge on any atom is 0.243 e. The fourth-order valence-corrected chi connectivity index (χ4v) is 4.63. The van der Waals surface area contributed by atoms with Gasteiger partial charge in [0.25, 0.3) is 0 Å². The first-order valence-corrected chi connectivity index (χ1v) is 9.43. The van der Waals surface area contributed by atoms with Crippen molar-refractivity contribution in [1.29, 1.82) is 0 Å². The maximum absolute atomic E-state index is 12.5. The first kappa shape index (κ1) is 15.9. The standard InChI is InChI=1S/C14H24N4O3S/c15-8-11-2-1-3-14(11)17-22(19,20)13-9-16-18(10-13)12-4-6-21-7-5-12/h9-12,14,17H,1-8,15H2/t11-,14-/m0/s1. The predicted octanol–water partition coefficient (Wildman–Crippen LogP) is 0.640. The van der Waals surface area contributed by atoms with Crippen molar-refractivity contribution in [1.82, 2.24) is 14.5 Å². The molecule has 0 radical (unpaired) electrons. The molecule has 7 nitrogen and oxygen atoms in total. The van der Waals surface area contributed by atoms with Crippen LogP contribution in [0.25, 0.3) is 0 Å². The van der Waals surface area contributed by atoms with E-state index < -0.39 is 10.0 Å². The van der Waals surface area contributed by atoms with E-state index in [1.165, 1.54) is 6.20 Å². The Morgan fingerprint density at radius 2 is 2.09 bits per heavy atom. The van der Waals surface area contributed by atoms with E-state index in [1.54, 1.807) is 10.9 Å². The van der Waals surface area contributed by atoms with Crippen LogP contribution < -0.4 is 10.5 Å². The molecule has 2 atom stereocenters. The molecule has 8 heteroatoms. The van der Waals surface area contributed by atoms with Gasteiger partial charge in [-0.2, -0.15) is 5.10 Å². The van der Waals surface area contributed by atoms with Crippen LogP contribution in [0.1, 0.15) is 38.1 Å². The van der Waals surface area contributed by atoms with Crippen molar-refractivity contribution >= 4 is 10.0 Å². The molecule has 3 N–H and O–H groups in total. The van der Waals surface area contributed by atoms with Crippen LogP contribution in [0.15, 0.2) is 17.3 Å². The zero-order valence-corrected chi connectivity index (χ0v) is 13.5. The molecule has 1 aromatic rings. The van der Waals surface area contributed by atoms with Crippen molar-refractivity contribution < 1.29 is 13.2 Å². The molecule has 1 aliphatic heterocycles. The topological polar surface area (TPSA) is 99.2 Å². The first-order valence-electron chi connectivity index (χ1n) is 7.94. The summed E-state index contributed by atoms with van der Waals surface area (Å²) >= 11 is 0. The van der Waals surface area contributed by atoms with E-state index in [9.17, 15) is 8.42 Å². The summed E-state index contributed by atoms with van der Waals surface area (Å²) in [4.78, 5) is 0.238. The number of hydrogen-bond acceptors (Lipinski definition) is 5. The number of nitrogens with zero attached hydrogens (tertiary/aromatic N) is 2. The van der Waals surface area contributed by atoms with Crippen LogP contribution in [-0.2, 0) is 14.8 Å². The van der Waals surface area contributed by atoms with Gasteiger partial charge in [0.05, 0.1) is 12.2 Å². The van der Waals surface area contributed by atoms with E-state index in [0.29, 0.717) is 19.8 Å². The number of nitrogens with two attached hydrogens (primary N) is 1. The van der Waals surface area contributed by atoms with Gasteiger partial charge >= 0.3 is 0 Å². The second kappa shape index (κ2) is 6.66. The van der Waals surface area contributed by atoms with Crippen LogP contribution in [0.4, 0.5) is 0 Å². The molecule has 2 aliphatic rings. The molecule has 0 amide bonds. The smallest absolute Gasteiger partial charge is 0.243 e. The number of ether oxygens (including phenoxy) is 1. The number of rotatable bonds is 5. The minimum Gasteiger partial charge on any atom is -0.381 e. The minimum absolute atomic E-state index is 0.0542. The highest BCUT2D eigenvalue weighted by Crippen LogP contribution is 2.27. The van der Waals surface area contributed by atoms with Crippen LogP contribution in [0.5, 0.6) is 0 Å². The monoisotopic (exact) mass is 328 g/mol. The summed E-state index contributed by atoms with van der Waals surface area (Å²) in [7, 11) is -3.52. The summed E-state index contributed by atoms with van der Waals surface area (Å²) in [6.07, 6.45) is 7.67. The van der Waals surface area contributed by atoms with Gasteiger partial charge in [-0.25, -0.2) is 13.1 Å². The molecule has 2 fully saturated rings. The molecule has 124 valence electrons. The number of aromatic nitrogens is 2. The Morgan fingerprint density at radius 1 is 1.32 bits per heavy atom. The van der Waals surface area contributed by atoms with Crippen LogP contribution in [0.2, 0.25) is 0 Å². The second-order valence-corrected chi connectivity index (χ2v) is 7.87. The maximum atomic E-state index is 12.5. The number of sulfonamides is 1. The lowest BCUT2D eigenvalue weighted by Gasteiger charge is -2.22. The van der Waals surface area contributed by atoms with Gasteiger partial charge < -0.3 is 10.5 Å². The van der Waals surface area contributed by atoms with Gasteiger partial charge in [-0.1, -0.05) is 6.42 Å². The molecule has 1 saturated heterocycles. The van der Waals surface area contributed by atoms with Gasteiger partial charge in [-0.15, -0.1) is 0 Å². The third-order valence-corrected chi connectivity index (χ3v) is 6.17. The Morgan fingerprint density at radius 3 is 2.82 bits per heavy atom. The molecule has 1 aromatic heterocycles. The van der Waals surface area contributed by atoms with Crippen LogP contribution in [0.3, 0.4) is 0 Å². The van der Waals surface area contributed by atoms with Crippen LogP contribution >= 0.6 is 0 Å². The van der Waals surface area contributed by atoms with E-state index in [0.717, 1.165) is 32.1 Å². The van der Waals surface area contributed by atoms with Gasteiger partial charge in [0.2, 0.25) is 10.0 Å². The van der Waals surface area contributed by atoms with Gasteiger partial charge in [0.15, 0.2) is 0 Å². The molecular weight excluding hydrogens is 304 g/mol. The van der Waals surface area contributed by atoms with Crippen molar-refractivity contribution in [3.63, 3.8) is 0 Å². The second-order valence-electron chi connectivity index (χ2n) is 6.15. The minimum atomic E-state index is -3.52. The predicted molar refractivity (Wildman–Crippen MR) is 81.8 cm³/mol. The summed E-state index contributed by atoms with van der Waals surface area (Å²) in [6.45, 7) is 1.92. The Kier molecular flexibility index (Phi) is 4.82. The summed E-state index contributed by atoms with van der Waals surface area (Å²) in [5.74, 6) is 0.236. The molecule has 0 aromatic carbocycles. The third-order valence-electron chi connectivity index (χ3n) is 4.72. The Bertz CT molecular complexity index is 595. The van der Waals surface area contributed by atoms with Gasteiger partial charge in [-0.05, 0) is 38.1 Å². The van der Waals surface area contributed by atoms with Crippen LogP contribution in [0, 0.1) is 5.92 Å². The fourth-order valence-electron chi connectivity index (χ4n) is 3.35. The van der Waals surface area contributed by atoms with Crippen molar-refractivity contribution in [2.75, 3.05) is 19.8 Å². The van der Waals surface area contributed by atoms with Crippen molar-refractivity contribution in [2.45, 2.75) is 49.1 Å². The summed E-state index contributed by atoms with van der Waals surface area (Å²) in [6, 6.07) is 0.169. The fraction of sp³-hybridized carbons (Fsp3) is 0.786. The van der Waals surface area contributed by atoms with E-state index >= 15 is 0 Å². The van der Waals surface area contributed by atoms with E-state index in [1.807, 2.05) is 0 Å². The van der Waals surface area contributed by atoms with Crippen molar-refractivity contribution in [2.24, 2.45) is 11.7 Å². The van der Waals surface area contributed by atoms with Crippen LogP contribution in [-0.4, -0.2) is 44.0 Å². The van der Waals surface area contributed by atoms with Gasteiger partial charge in [0.1, 0.15) is 4.90 Å². The molecule has 1 aliphatic carbocycles.